The zero-order chi connectivity index (χ0) is 18.0. The second-order valence-corrected chi connectivity index (χ2v) is 6.90. The molecular formula is C18H18Cl2N4O. The summed E-state index contributed by atoms with van der Waals surface area (Å²) in [5, 5.41) is 1.07. The Morgan fingerprint density at radius 1 is 1.04 bits per heavy atom. The number of amides is 1. The maximum atomic E-state index is 12.5. The molecule has 130 valence electrons. The second-order valence-electron chi connectivity index (χ2n) is 6.03. The van der Waals surface area contributed by atoms with Gasteiger partial charge in [-0.3, -0.25) is 4.79 Å². The van der Waals surface area contributed by atoms with Gasteiger partial charge in [0.2, 0.25) is 0 Å². The minimum atomic E-state index is -0.378. The number of hydrogen-bond acceptors (Lipinski definition) is 2. The van der Waals surface area contributed by atoms with Crippen molar-refractivity contribution in [2.24, 2.45) is 22.4 Å². The van der Waals surface area contributed by atoms with Crippen molar-refractivity contribution in [2.75, 3.05) is 18.0 Å². The van der Waals surface area contributed by atoms with Gasteiger partial charge in [0.1, 0.15) is 0 Å². The Kier molecular flexibility index (Phi) is 5.16. The molecule has 1 aliphatic heterocycles. The SMILES string of the molecule is NC(N)=NC(=O)[C@@H]1CN(c2ccccc2)C[C@H]1c1cc(Cl)cc(Cl)c1. The smallest absolute Gasteiger partial charge is 0.254 e. The second kappa shape index (κ2) is 7.33. The molecule has 2 aromatic carbocycles. The maximum Gasteiger partial charge on any atom is 0.254 e. The molecule has 0 aliphatic carbocycles. The van der Waals surface area contributed by atoms with Gasteiger partial charge in [-0.05, 0) is 35.9 Å². The number of carbonyl (C=O) groups excluding carboxylic acids is 1. The van der Waals surface area contributed by atoms with Crippen molar-refractivity contribution in [1.29, 1.82) is 0 Å². The fourth-order valence-corrected chi connectivity index (χ4v) is 3.78. The van der Waals surface area contributed by atoms with Gasteiger partial charge in [-0.2, -0.15) is 4.99 Å². The van der Waals surface area contributed by atoms with E-state index >= 15 is 0 Å². The van der Waals surface area contributed by atoms with Crippen LogP contribution < -0.4 is 16.4 Å². The van der Waals surface area contributed by atoms with Crippen molar-refractivity contribution in [3.05, 3.63) is 64.1 Å². The van der Waals surface area contributed by atoms with Crippen LogP contribution in [0.1, 0.15) is 11.5 Å². The van der Waals surface area contributed by atoms with E-state index in [0.29, 0.717) is 23.1 Å². The summed E-state index contributed by atoms with van der Waals surface area (Å²) < 4.78 is 0. The number of aliphatic imine (C=N–C) groups is 1. The Bertz CT molecular complexity index is 786. The van der Waals surface area contributed by atoms with E-state index in [9.17, 15) is 4.79 Å². The Morgan fingerprint density at radius 2 is 1.68 bits per heavy atom. The van der Waals surface area contributed by atoms with Gasteiger partial charge < -0.3 is 16.4 Å². The number of benzene rings is 2. The summed E-state index contributed by atoms with van der Waals surface area (Å²) in [6.45, 7) is 1.17. The number of guanidine groups is 1. The number of hydrogen-bond donors (Lipinski definition) is 2. The van der Waals surface area contributed by atoms with Crippen molar-refractivity contribution in [3.63, 3.8) is 0 Å². The lowest BCUT2D eigenvalue weighted by Gasteiger charge is -2.18. The third-order valence-electron chi connectivity index (χ3n) is 4.31. The molecule has 1 aliphatic rings. The van der Waals surface area contributed by atoms with Crippen LogP contribution in [0.25, 0.3) is 0 Å². The molecule has 1 heterocycles. The normalized spacial score (nSPS) is 19.7. The molecule has 7 heteroatoms. The Morgan fingerprint density at radius 3 is 2.28 bits per heavy atom. The summed E-state index contributed by atoms with van der Waals surface area (Å²) in [6, 6.07) is 15.2. The van der Waals surface area contributed by atoms with Gasteiger partial charge in [0, 0.05) is 34.7 Å². The van der Waals surface area contributed by atoms with Crippen LogP contribution in [0.15, 0.2) is 53.5 Å². The molecule has 1 saturated heterocycles. The summed E-state index contributed by atoms with van der Waals surface area (Å²) >= 11 is 12.3. The zero-order valence-corrected chi connectivity index (χ0v) is 14.9. The largest absolute Gasteiger partial charge is 0.370 e. The van der Waals surface area contributed by atoms with Crippen molar-refractivity contribution in [2.45, 2.75) is 5.92 Å². The highest BCUT2D eigenvalue weighted by molar-refractivity contribution is 6.34. The van der Waals surface area contributed by atoms with E-state index in [1.807, 2.05) is 42.5 Å². The average molecular weight is 377 g/mol. The number of rotatable bonds is 3. The van der Waals surface area contributed by atoms with Gasteiger partial charge >= 0.3 is 0 Å². The van der Waals surface area contributed by atoms with Crippen LogP contribution in [0.3, 0.4) is 0 Å². The van der Waals surface area contributed by atoms with E-state index in [2.05, 4.69) is 9.89 Å². The molecule has 0 unspecified atom stereocenters. The summed E-state index contributed by atoms with van der Waals surface area (Å²) in [6.07, 6.45) is 0. The number of nitrogens with two attached hydrogens (primary N) is 2. The number of halogens is 2. The predicted octanol–water partition coefficient (Wildman–Crippen LogP) is 3.01. The van der Waals surface area contributed by atoms with Crippen LogP contribution in [0.4, 0.5) is 5.69 Å². The van der Waals surface area contributed by atoms with Crippen molar-refractivity contribution < 1.29 is 4.79 Å². The highest BCUT2D eigenvalue weighted by atomic mass is 35.5. The highest BCUT2D eigenvalue weighted by Crippen LogP contribution is 2.38. The lowest BCUT2D eigenvalue weighted by Crippen LogP contribution is -2.28. The zero-order valence-electron chi connectivity index (χ0n) is 13.4. The van der Waals surface area contributed by atoms with Crippen molar-refractivity contribution in [1.82, 2.24) is 0 Å². The predicted molar refractivity (Wildman–Crippen MR) is 102 cm³/mol. The number of nitrogens with zero attached hydrogens (tertiary/aromatic N) is 2. The van der Waals surface area contributed by atoms with E-state index < -0.39 is 0 Å². The van der Waals surface area contributed by atoms with E-state index in [1.54, 1.807) is 6.07 Å². The summed E-state index contributed by atoms with van der Waals surface area (Å²) in [5.74, 6) is -1.05. The maximum absolute atomic E-state index is 12.5. The fraction of sp³-hybridized carbons (Fsp3) is 0.222. The topological polar surface area (TPSA) is 84.7 Å². The van der Waals surface area contributed by atoms with Gasteiger partial charge in [0.05, 0.1) is 5.92 Å². The molecule has 0 radical (unpaired) electrons. The van der Waals surface area contributed by atoms with E-state index in [-0.39, 0.29) is 23.7 Å². The van der Waals surface area contributed by atoms with Crippen LogP contribution >= 0.6 is 23.2 Å². The molecule has 0 saturated carbocycles. The molecule has 0 bridgehead atoms. The van der Waals surface area contributed by atoms with Crippen LogP contribution in [-0.2, 0) is 4.79 Å². The molecule has 4 N–H and O–H groups in total. The molecule has 2 atom stereocenters. The molecule has 3 rings (SSSR count). The monoisotopic (exact) mass is 376 g/mol. The molecular weight excluding hydrogens is 359 g/mol. The van der Waals surface area contributed by atoms with Gasteiger partial charge in [0.15, 0.2) is 5.96 Å². The highest BCUT2D eigenvalue weighted by Gasteiger charge is 2.39. The Labute approximate surface area is 156 Å². The molecule has 1 amide bonds. The first-order valence-corrected chi connectivity index (χ1v) is 8.59. The Hall–Kier alpha value is -2.24. The summed E-state index contributed by atoms with van der Waals surface area (Å²) in [7, 11) is 0. The average Bonchev–Trinajstić information content (AvgIpc) is 2.99. The minimum Gasteiger partial charge on any atom is -0.370 e. The first kappa shape index (κ1) is 17.6. The van der Waals surface area contributed by atoms with E-state index in [1.165, 1.54) is 0 Å². The van der Waals surface area contributed by atoms with Gasteiger partial charge in [0.25, 0.3) is 5.91 Å². The molecule has 0 aromatic heterocycles. The summed E-state index contributed by atoms with van der Waals surface area (Å²) in [4.78, 5) is 18.4. The van der Waals surface area contributed by atoms with Crippen molar-refractivity contribution >= 4 is 40.8 Å². The number of para-hydroxylation sites is 1. The van der Waals surface area contributed by atoms with E-state index in [4.69, 9.17) is 34.7 Å². The Balaban J connectivity index is 1.97. The van der Waals surface area contributed by atoms with E-state index in [0.717, 1.165) is 11.3 Å². The first-order valence-electron chi connectivity index (χ1n) is 7.83. The van der Waals surface area contributed by atoms with Gasteiger partial charge in [-0.25, -0.2) is 0 Å². The molecule has 1 fully saturated rings. The fourth-order valence-electron chi connectivity index (χ4n) is 3.24. The van der Waals surface area contributed by atoms with Crippen LogP contribution in [0.5, 0.6) is 0 Å². The molecule has 25 heavy (non-hydrogen) atoms. The summed E-state index contributed by atoms with van der Waals surface area (Å²) in [5.41, 5.74) is 12.7. The lowest BCUT2D eigenvalue weighted by atomic mass is 9.88. The molecule has 0 spiro atoms. The first-order chi connectivity index (χ1) is 11.9. The molecule has 5 nitrogen and oxygen atoms in total. The van der Waals surface area contributed by atoms with Crippen LogP contribution in [0, 0.1) is 5.92 Å². The third-order valence-corrected chi connectivity index (χ3v) is 4.75. The number of carbonyl (C=O) groups is 1. The standard InChI is InChI=1S/C18H18Cl2N4O/c19-12-6-11(7-13(20)8-12)15-9-24(14-4-2-1-3-5-14)10-16(15)17(25)23-18(21)22/h1-8,15-16H,9-10H2,(H4,21,22,23,25)/t15-,16+/m0/s1. The lowest BCUT2D eigenvalue weighted by molar-refractivity contribution is -0.121. The quantitative estimate of drug-likeness (QED) is 0.636. The number of anilines is 1. The molecule has 2 aromatic rings. The van der Waals surface area contributed by atoms with Crippen LogP contribution in [-0.4, -0.2) is 25.0 Å². The minimum absolute atomic E-state index is 0.105. The third kappa shape index (κ3) is 4.06. The van der Waals surface area contributed by atoms with Gasteiger partial charge in [-0.15, -0.1) is 0 Å². The van der Waals surface area contributed by atoms with Crippen LogP contribution in [0.2, 0.25) is 10.0 Å². The van der Waals surface area contributed by atoms with Gasteiger partial charge in [-0.1, -0.05) is 41.4 Å². The van der Waals surface area contributed by atoms with Crippen molar-refractivity contribution in [3.8, 4) is 0 Å².